The molecule has 2 rings (SSSR count). The van der Waals surface area contributed by atoms with Crippen LogP contribution in [0.15, 0.2) is 22.7 Å². The van der Waals surface area contributed by atoms with E-state index in [1.54, 1.807) is 0 Å². The van der Waals surface area contributed by atoms with Crippen molar-refractivity contribution in [2.45, 2.75) is 46.1 Å². The second-order valence-electron chi connectivity index (χ2n) is 5.08. The minimum atomic E-state index is -0.481. The molecule has 1 heterocycles. The lowest BCUT2D eigenvalue weighted by Crippen LogP contribution is -2.29. The van der Waals surface area contributed by atoms with Crippen molar-refractivity contribution in [2.24, 2.45) is 0 Å². The van der Waals surface area contributed by atoms with Gasteiger partial charge in [0.2, 0.25) is 5.82 Å². The van der Waals surface area contributed by atoms with Gasteiger partial charge in [-0.05, 0) is 44.4 Å². The summed E-state index contributed by atoms with van der Waals surface area (Å²) < 4.78 is 11.4. The maximum atomic E-state index is 5.94. The summed E-state index contributed by atoms with van der Waals surface area (Å²) >= 11 is 0. The number of nitrogens with two attached hydrogens (primary N) is 1. The van der Waals surface area contributed by atoms with Crippen molar-refractivity contribution in [3.8, 4) is 11.5 Å². The number of hydrogen-bond donors (Lipinski definition) is 1. The third-order valence-corrected chi connectivity index (χ3v) is 4.00. The van der Waals surface area contributed by atoms with Crippen LogP contribution in [0, 0.1) is 6.92 Å². The van der Waals surface area contributed by atoms with E-state index in [-0.39, 0.29) is 0 Å². The summed E-state index contributed by atoms with van der Waals surface area (Å²) in [7, 11) is 0. The predicted molar refractivity (Wildman–Crippen MR) is 82.8 cm³/mol. The molecule has 0 fully saturated rings. The van der Waals surface area contributed by atoms with Crippen molar-refractivity contribution in [1.82, 2.24) is 10.1 Å². The Kier molecular flexibility index (Phi) is 4.63. The van der Waals surface area contributed by atoms with E-state index < -0.39 is 5.60 Å². The molecule has 0 unspecified atom stereocenters. The molecule has 0 amide bonds. The molecule has 0 saturated carbocycles. The van der Waals surface area contributed by atoms with Crippen LogP contribution >= 0.6 is 0 Å². The molecule has 0 radical (unpaired) electrons. The minimum absolute atomic E-state index is 0.481. The van der Waals surface area contributed by atoms with Crippen molar-refractivity contribution in [3.05, 3.63) is 29.6 Å². The van der Waals surface area contributed by atoms with E-state index in [9.17, 15) is 0 Å². The largest absolute Gasteiger partial charge is 0.398 e. The van der Waals surface area contributed by atoms with Gasteiger partial charge in [-0.2, -0.15) is 4.98 Å². The van der Waals surface area contributed by atoms with Crippen LogP contribution < -0.4 is 5.73 Å². The lowest BCUT2D eigenvalue weighted by molar-refractivity contribution is -0.0583. The number of anilines is 1. The molecular weight excluding hydrogens is 266 g/mol. The van der Waals surface area contributed by atoms with E-state index in [1.165, 1.54) is 0 Å². The third kappa shape index (κ3) is 2.78. The van der Waals surface area contributed by atoms with Crippen molar-refractivity contribution in [2.75, 3.05) is 12.3 Å². The Balaban J connectivity index is 2.43. The fraction of sp³-hybridized carbons (Fsp3) is 0.500. The van der Waals surface area contributed by atoms with E-state index in [1.807, 2.05) is 32.0 Å². The Morgan fingerprint density at radius 3 is 2.57 bits per heavy atom. The third-order valence-electron chi connectivity index (χ3n) is 4.00. The number of nitrogen functional groups attached to an aromatic ring is 1. The number of hydrogen-bond acceptors (Lipinski definition) is 5. The maximum Gasteiger partial charge on any atom is 0.258 e. The molecule has 21 heavy (non-hydrogen) atoms. The Morgan fingerprint density at radius 1 is 1.24 bits per heavy atom. The smallest absolute Gasteiger partial charge is 0.258 e. The first-order valence-electron chi connectivity index (χ1n) is 7.41. The van der Waals surface area contributed by atoms with Crippen LogP contribution in [0.2, 0.25) is 0 Å². The van der Waals surface area contributed by atoms with Crippen LogP contribution in [0.5, 0.6) is 0 Å². The molecule has 0 spiro atoms. The molecule has 1 aromatic carbocycles. The van der Waals surface area contributed by atoms with Gasteiger partial charge in [-0.15, -0.1) is 0 Å². The summed E-state index contributed by atoms with van der Waals surface area (Å²) in [4.78, 5) is 4.56. The zero-order chi connectivity index (χ0) is 15.5. The number of rotatable bonds is 6. The molecule has 0 saturated heterocycles. The Hall–Kier alpha value is -1.88. The zero-order valence-corrected chi connectivity index (χ0v) is 13.1. The SMILES string of the molecule is CCOC(CC)(CC)c1noc(-c2cccc(N)c2C)n1. The van der Waals surface area contributed by atoms with E-state index in [4.69, 9.17) is 15.0 Å². The highest BCUT2D eigenvalue weighted by atomic mass is 16.5. The van der Waals surface area contributed by atoms with Crippen LogP contribution in [-0.4, -0.2) is 16.7 Å². The number of benzene rings is 1. The highest BCUT2D eigenvalue weighted by molar-refractivity contribution is 5.66. The lowest BCUT2D eigenvalue weighted by Gasteiger charge is -2.27. The normalized spacial score (nSPS) is 11.8. The molecule has 0 aliphatic heterocycles. The van der Waals surface area contributed by atoms with Gasteiger partial charge in [-0.3, -0.25) is 0 Å². The second-order valence-corrected chi connectivity index (χ2v) is 5.08. The summed E-state index contributed by atoms with van der Waals surface area (Å²) in [6.45, 7) is 8.68. The summed E-state index contributed by atoms with van der Waals surface area (Å²) in [6.07, 6.45) is 1.60. The van der Waals surface area contributed by atoms with Crippen molar-refractivity contribution >= 4 is 5.69 Å². The average molecular weight is 289 g/mol. The molecule has 0 aliphatic carbocycles. The monoisotopic (exact) mass is 289 g/mol. The molecule has 5 heteroatoms. The van der Waals surface area contributed by atoms with E-state index >= 15 is 0 Å². The molecule has 2 aromatic rings. The van der Waals surface area contributed by atoms with Gasteiger partial charge in [0.05, 0.1) is 0 Å². The predicted octanol–water partition coefficient (Wildman–Crippen LogP) is 3.68. The van der Waals surface area contributed by atoms with Crippen LogP contribution in [0.4, 0.5) is 5.69 Å². The standard InChI is InChI=1S/C16H23N3O2/c1-5-16(6-2,20-7-3)15-18-14(21-19-15)12-9-8-10-13(17)11(12)4/h8-10H,5-7,17H2,1-4H3. The first kappa shape index (κ1) is 15.5. The molecule has 2 N–H and O–H groups in total. The van der Waals surface area contributed by atoms with Gasteiger partial charge >= 0.3 is 0 Å². The molecule has 0 aliphatic rings. The second kappa shape index (κ2) is 6.26. The highest BCUT2D eigenvalue weighted by Gasteiger charge is 2.34. The van der Waals surface area contributed by atoms with Gasteiger partial charge in [0.15, 0.2) is 0 Å². The fourth-order valence-corrected chi connectivity index (χ4v) is 2.51. The van der Waals surface area contributed by atoms with E-state index in [0.717, 1.165) is 24.0 Å². The van der Waals surface area contributed by atoms with Crippen LogP contribution in [-0.2, 0) is 10.3 Å². The Labute approximate surface area is 125 Å². The summed E-state index contributed by atoms with van der Waals surface area (Å²) in [5, 5.41) is 4.14. The molecule has 5 nitrogen and oxygen atoms in total. The van der Waals surface area contributed by atoms with Crippen LogP contribution in [0.1, 0.15) is 45.0 Å². The minimum Gasteiger partial charge on any atom is -0.398 e. The summed E-state index contributed by atoms with van der Waals surface area (Å²) in [5.41, 5.74) is 7.99. The lowest BCUT2D eigenvalue weighted by atomic mass is 9.96. The quantitative estimate of drug-likeness (QED) is 0.821. The molecule has 0 atom stereocenters. The number of ether oxygens (including phenoxy) is 1. The summed E-state index contributed by atoms with van der Waals surface area (Å²) in [5.74, 6) is 1.09. The average Bonchev–Trinajstić information content (AvgIpc) is 2.98. The van der Waals surface area contributed by atoms with Crippen molar-refractivity contribution in [3.63, 3.8) is 0 Å². The molecule has 0 bridgehead atoms. The first-order valence-corrected chi connectivity index (χ1v) is 7.41. The van der Waals surface area contributed by atoms with Crippen LogP contribution in [0.25, 0.3) is 11.5 Å². The van der Waals surface area contributed by atoms with E-state index in [0.29, 0.717) is 24.0 Å². The molecule has 1 aromatic heterocycles. The Bertz CT molecular complexity index is 603. The highest BCUT2D eigenvalue weighted by Crippen LogP contribution is 2.33. The Morgan fingerprint density at radius 2 is 1.95 bits per heavy atom. The number of aromatic nitrogens is 2. The van der Waals surface area contributed by atoms with Gasteiger partial charge in [0.1, 0.15) is 5.60 Å². The summed E-state index contributed by atoms with van der Waals surface area (Å²) in [6, 6.07) is 5.68. The van der Waals surface area contributed by atoms with Gasteiger partial charge in [0.25, 0.3) is 5.89 Å². The zero-order valence-electron chi connectivity index (χ0n) is 13.1. The fourth-order valence-electron chi connectivity index (χ4n) is 2.51. The van der Waals surface area contributed by atoms with Gasteiger partial charge in [0, 0.05) is 17.9 Å². The first-order chi connectivity index (χ1) is 10.1. The van der Waals surface area contributed by atoms with Gasteiger partial charge < -0.3 is 15.0 Å². The molecular formula is C16H23N3O2. The van der Waals surface area contributed by atoms with E-state index in [2.05, 4.69) is 24.0 Å². The van der Waals surface area contributed by atoms with Crippen LogP contribution in [0.3, 0.4) is 0 Å². The molecule has 114 valence electrons. The van der Waals surface area contributed by atoms with Crippen molar-refractivity contribution < 1.29 is 9.26 Å². The number of nitrogens with zero attached hydrogens (tertiary/aromatic N) is 2. The maximum absolute atomic E-state index is 5.94. The van der Waals surface area contributed by atoms with Crippen molar-refractivity contribution in [1.29, 1.82) is 0 Å². The van der Waals surface area contributed by atoms with Gasteiger partial charge in [-0.1, -0.05) is 25.1 Å². The van der Waals surface area contributed by atoms with Gasteiger partial charge in [-0.25, -0.2) is 0 Å². The topological polar surface area (TPSA) is 74.2 Å².